The van der Waals surface area contributed by atoms with Crippen LogP contribution >= 0.6 is 0 Å². The van der Waals surface area contributed by atoms with Crippen LogP contribution < -0.4 is 5.43 Å². The van der Waals surface area contributed by atoms with E-state index in [1.807, 2.05) is 6.92 Å². The quantitative estimate of drug-likeness (QED) is 0.630. The van der Waals surface area contributed by atoms with Gasteiger partial charge in [0.15, 0.2) is 5.43 Å². The summed E-state index contributed by atoms with van der Waals surface area (Å²) >= 11 is 0. The lowest BCUT2D eigenvalue weighted by atomic mass is 10.2. The Hall–Kier alpha value is -1.64. The minimum atomic E-state index is 0.0363. The second-order valence-corrected chi connectivity index (χ2v) is 2.66. The van der Waals surface area contributed by atoms with E-state index in [1.54, 1.807) is 18.5 Å². The molecule has 3 heteroatoms. The summed E-state index contributed by atoms with van der Waals surface area (Å²) in [4.78, 5) is 18.4. The Balaban J connectivity index is 3.05. The summed E-state index contributed by atoms with van der Waals surface area (Å²) in [5, 5.41) is 0.699. The van der Waals surface area contributed by atoms with Crippen molar-refractivity contribution in [3.8, 4) is 0 Å². The summed E-state index contributed by atoms with van der Waals surface area (Å²) in [6, 6.07) is 3.24. The van der Waals surface area contributed by atoms with E-state index in [1.165, 1.54) is 6.07 Å². The number of nitrogens with one attached hydrogen (secondary N) is 1. The van der Waals surface area contributed by atoms with E-state index in [9.17, 15) is 4.79 Å². The summed E-state index contributed by atoms with van der Waals surface area (Å²) in [5.74, 6) is 0. The number of rotatable bonds is 0. The van der Waals surface area contributed by atoms with Crippen LogP contribution in [0.15, 0.2) is 29.3 Å². The Bertz CT molecular complexity index is 473. The number of hydrogen-bond acceptors (Lipinski definition) is 2. The van der Waals surface area contributed by atoms with E-state index in [4.69, 9.17) is 0 Å². The van der Waals surface area contributed by atoms with Crippen LogP contribution in [0.3, 0.4) is 0 Å². The third kappa shape index (κ3) is 0.906. The largest absolute Gasteiger partial charge is 0.359 e. The molecule has 2 aromatic rings. The number of H-pyrrole nitrogens is 1. The molecular weight excluding hydrogens is 152 g/mol. The van der Waals surface area contributed by atoms with Gasteiger partial charge in [-0.25, -0.2) is 0 Å². The molecule has 0 saturated carbocycles. The highest BCUT2D eigenvalue weighted by Crippen LogP contribution is 2.07. The predicted octanol–water partition coefficient (Wildman–Crippen LogP) is 1.23. The first-order valence-electron chi connectivity index (χ1n) is 3.72. The molecule has 0 radical (unpaired) electrons. The number of aromatic nitrogens is 2. The molecule has 60 valence electrons. The van der Waals surface area contributed by atoms with E-state index < -0.39 is 0 Å². The van der Waals surface area contributed by atoms with Gasteiger partial charge in [-0.2, -0.15) is 0 Å². The molecular formula is C9H8N2O. The van der Waals surface area contributed by atoms with Crippen LogP contribution in [0.4, 0.5) is 0 Å². The van der Waals surface area contributed by atoms with E-state index in [2.05, 4.69) is 9.97 Å². The molecule has 0 unspecified atom stereocenters. The summed E-state index contributed by atoms with van der Waals surface area (Å²) < 4.78 is 0. The molecule has 0 aliphatic carbocycles. The zero-order valence-corrected chi connectivity index (χ0v) is 6.66. The normalized spacial score (nSPS) is 10.4. The Morgan fingerprint density at radius 3 is 3.00 bits per heavy atom. The van der Waals surface area contributed by atoms with Crippen molar-refractivity contribution < 1.29 is 0 Å². The zero-order valence-electron chi connectivity index (χ0n) is 6.66. The van der Waals surface area contributed by atoms with Gasteiger partial charge in [0.25, 0.3) is 0 Å². The number of hydrogen-bond donors (Lipinski definition) is 1. The van der Waals surface area contributed by atoms with Crippen molar-refractivity contribution in [2.24, 2.45) is 0 Å². The van der Waals surface area contributed by atoms with Crippen LogP contribution in [0.5, 0.6) is 0 Å². The number of aromatic amines is 1. The van der Waals surface area contributed by atoms with Gasteiger partial charge in [-0.1, -0.05) is 0 Å². The van der Waals surface area contributed by atoms with Crippen LogP contribution in [0.1, 0.15) is 5.69 Å². The molecule has 0 atom stereocenters. The molecule has 0 bridgehead atoms. The average Bonchev–Trinajstić information content (AvgIpc) is 2.07. The lowest BCUT2D eigenvalue weighted by molar-refractivity contribution is 1.20. The minimum absolute atomic E-state index is 0.0363. The van der Waals surface area contributed by atoms with Crippen molar-refractivity contribution in [3.63, 3.8) is 0 Å². The molecule has 0 spiro atoms. The summed E-state index contributed by atoms with van der Waals surface area (Å²) in [6.07, 6.45) is 3.28. The highest BCUT2D eigenvalue weighted by atomic mass is 16.1. The van der Waals surface area contributed by atoms with Crippen molar-refractivity contribution in [3.05, 3.63) is 40.4 Å². The fraction of sp³-hybridized carbons (Fsp3) is 0.111. The maximum atomic E-state index is 11.3. The number of aryl methyl sites for hydroxylation is 1. The molecule has 2 aromatic heterocycles. The monoisotopic (exact) mass is 160 g/mol. The second kappa shape index (κ2) is 2.44. The van der Waals surface area contributed by atoms with Gasteiger partial charge >= 0.3 is 0 Å². The molecule has 0 fully saturated rings. The van der Waals surface area contributed by atoms with Gasteiger partial charge in [0, 0.05) is 23.8 Å². The third-order valence-electron chi connectivity index (χ3n) is 1.87. The fourth-order valence-electron chi connectivity index (χ4n) is 1.24. The smallest absolute Gasteiger partial charge is 0.189 e. The first-order chi connectivity index (χ1) is 5.79. The summed E-state index contributed by atoms with van der Waals surface area (Å²) in [6.45, 7) is 1.87. The Kier molecular flexibility index (Phi) is 1.43. The van der Waals surface area contributed by atoms with Gasteiger partial charge in [0.1, 0.15) is 0 Å². The van der Waals surface area contributed by atoms with Crippen molar-refractivity contribution in [1.82, 2.24) is 9.97 Å². The first kappa shape index (κ1) is 7.03. The first-order valence-corrected chi connectivity index (χ1v) is 3.72. The molecule has 1 N–H and O–H groups in total. The molecule has 3 nitrogen and oxygen atoms in total. The molecule has 12 heavy (non-hydrogen) atoms. The molecule has 0 saturated heterocycles. The Labute approximate surface area is 69.1 Å². The fourth-order valence-corrected chi connectivity index (χ4v) is 1.24. The molecule has 2 heterocycles. The van der Waals surface area contributed by atoms with Crippen molar-refractivity contribution in [1.29, 1.82) is 0 Å². The van der Waals surface area contributed by atoms with Crippen LogP contribution in [0, 0.1) is 6.92 Å². The van der Waals surface area contributed by atoms with E-state index in [0.29, 0.717) is 5.39 Å². The average molecular weight is 160 g/mol. The molecule has 0 aromatic carbocycles. The Morgan fingerprint density at radius 1 is 1.42 bits per heavy atom. The van der Waals surface area contributed by atoms with Gasteiger partial charge < -0.3 is 4.98 Å². The van der Waals surface area contributed by atoms with E-state index in [-0.39, 0.29) is 5.43 Å². The third-order valence-corrected chi connectivity index (χ3v) is 1.87. The maximum Gasteiger partial charge on any atom is 0.189 e. The van der Waals surface area contributed by atoms with Crippen LogP contribution in [0.25, 0.3) is 10.9 Å². The second-order valence-electron chi connectivity index (χ2n) is 2.66. The summed E-state index contributed by atoms with van der Waals surface area (Å²) in [7, 11) is 0. The predicted molar refractivity (Wildman–Crippen MR) is 47.1 cm³/mol. The van der Waals surface area contributed by atoms with Crippen LogP contribution in [0.2, 0.25) is 0 Å². The molecule has 2 rings (SSSR count). The SMILES string of the molecule is Cc1nccc2c(=O)cc[nH]c12. The number of fused-ring (bicyclic) bond motifs is 1. The Morgan fingerprint density at radius 2 is 2.25 bits per heavy atom. The molecule has 0 aliphatic heterocycles. The van der Waals surface area contributed by atoms with Crippen LogP contribution in [-0.4, -0.2) is 9.97 Å². The van der Waals surface area contributed by atoms with Gasteiger partial charge in [-0.05, 0) is 13.0 Å². The van der Waals surface area contributed by atoms with Crippen molar-refractivity contribution in [2.45, 2.75) is 6.92 Å². The maximum absolute atomic E-state index is 11.3. The van der Waals surface area contributed by atoms with E-state index >= 15 is 0 Å². The zero-order chi connectivity index (χ0) is 8.55. The van der Waals surface area contributed by atoms with Crippen molar-refractivity contribution in [2.75, 3.05) is 0 Å². The van der Waals surface area contributed by atoms with E-state index in [0.717, 1.165) is 11.2 Å². The van der Waals surface area contributed by atoms with Gasteiger partial charge in [0.05, 0.1) is 11.2 Å². The standard InChI is InChI=1S/C9H8N2O/c1-6-9-7(2-4-10-6)8(12)3-5-11-9/h2-5H,1H3,(H,11,12). The summed E-state index contributed by atoms with van der Waals surface area (Å²) in [5.41, 5.74) is 1.71. The number of nitrogens with zero attached hydrogens (tertiary/aromatic N) is 1. The lowest BCUT2D eigenvalue weighted by Gasteiger charge is -1.97. The van der Waals surface area contributed by atoms with Gasteiger partial charge in [-0.15, -0.1) is 0 Å². The molecule has 0 amide bonds. The number of pyridine rings is 2. The van der Waals surface area contributed by atoms with Crippen LogP contribution in [-0.2, 0) is 0 Å². The highest BCUT2D eigenvalue weighted by molar-refractivity contribution is 5.79. The highest BCUT2D eigenvalue weighted by Gasteiger charge is 1.99. The van der Waals surface area contributed by atoms with Gasteiger partial charge in [-0.3, -0.25) is 9.78 Å². The van der Waals surface area contributed by atoms with Crippen molar-refractivity contribution >= 4 is 10.9 Å². The van der Waals surface area contributed by atoms with Gasteiger partial charge in [0.2, 0.25) is 0 Å². The molecule has 0 aliphatic rings. The lowest BCUT2D eigenvalue weighted by Crippen LogP contribution is -2.01. The minimum Gasteiger partial charge on any atom is -0.359 e. The topological polar surface area (TPSA) is 45.8 Å².